The largest absolute Gasteiger partial charge is 3.00 e. The van der Waals surface area contributed by atoms with E-state index in [2.05, 4.69) is 0 Å². The van der Waals surface area contributed by atoms with Gasteiger partial charge in [0.05, 0.1) is 0 Å². The van der Waals surface area contributed by atoms with Crippen molar-refractivity contribution < 1.29 is 116 Å². The summed E-state index contributed by atoms with van der Waals surface area (Å²) in [6, 6.07) is 0. The smallest absolute Gasteiger partial charge is 2.00 e. The summed E-state index contributed by atoms with van der Waals surface area (Å²) in [5.41, 5.74) is 0. The first-order chi connectivity index (χ1) is 0. The van der Waals surface area contributed by atoms with Crippen molar-refractivity contribution in [2.24, 2.45) is 0 Å². The summed E-state index contributed by atoms with van der Waals surface area (Å²) in [6.45, 7) is 0. The zero-order valence-corrected chi connectivity index (χ0v) is 10.0. The SMILES string of the molecule is O.O.O.[Ce+3].[Ce+3].[O-2].[O-2].[O-2]. The molecule has 0 bridgehead atoms. The second-order valence-electron chi connectivity index (χ2n) is 0. The molecule has 0 aliphatic heterocycles. The third-order valence-corrected chi connectivity index (χ3v) is 0. The zero-order chi connectivity index (χ0) is 0. The second-order valence-corrected chi connectivity index (χ2v) is 0. The maximum atomic E-state index is 0. The predicted molar refractivity (Wildman–Crippen MR) is 12.9 cm³/mol. The molecular weight excluding hydrogens is 376 g/mol. The van der Waals surface area contributed by atoms with E-state index in [-0.39, 0.29) is 116 Å². The van der Waals surface area contributed by atoms with E-state index in [1.807, 2.05) is 0 Å². The Labute approximate surface area is 114 Å². The summed E-state index contributed by atoms with van der Waals surface area (Å²) < 4.78 is 0. The van der Waals surface area contributed by atoms with Crippen LogP contribution in [0.5, 0.6) is 0 Å². The van der Waals surface area contributed by atoms with Gasteiger partial charge in [0.2, 0.25) is 0 Å². The van der Waals surface area contributed by atoms with Gasteiger partial charge in [0.15, 0.2) is 0 Å². The molecule has 0 aliphatic rings. The first-order valence-corrected chi connectivity index (χ1v) is 0. The Balaban J connectivity index is 0. The van der Waals surface area contributed by atoms with Gasteiger partial charge in [-0.15, -0.1) is 0 Å². The van der Waals surface area contributed by atoms with Gasteiger partial charge < -0.3 is 32.9 Å². The van der Waals surface area contributed by atoms with E-state index in [1.165, 1.54) is 0 Å². The Morgan fingerprint density at radius 1 is 0.375 bits per heavy atom. The molecule has 0 atom stereocenters. The van der Waals surface area contributed by atoms with Gasteiger partial charge in [0, 0.05) is 0 Å². The molecule has 8 heavy (non-hydrogen) atoms. The Hall–Kier alpha value is 2.51. The molecule has 0 unspecified atom stereocenters. The quantitative estimate of drug-likeness (QED) is 0.419. The van der Waals surface area contributed by atoms with Crippen LogP contribution in [-0.2, 0) is 16.4 Å². The van der Waals surface area contributed by atoms with Crippen molar-refractivity contribution in [3.05, 3.63) is 0 Å². The summed E-state index contributed by atoms with van der Waals surface area (Å²) in [4.78, 5) is 0. The summed E-state index contributed by atoms with van der Waals surface area (Å²) in [6.07, 6.45) is 0. The van der Waals surface area contributed by atoms with Crippen LogP contribution in [0, 0.1) is 83.5 Å². The van der Waals surface area contributed by atoms with E-state index in [0.717, 1.165) is 0 Å². The molecule has 2 radical (unpaired) electrons. The van der Waals surface area contributed by atoms with Crippen molar-refractivity contribution in [3.8, 4) is 0 Å². The van der Waals surface area contributed by atoms with Crippen molar-refractivity contribution >= 4 is 0 Å². The number of hydrogen-bond donors (Lipinski definition) is 0. The fourth-order valence-corrected chi connectivity index (χ4v) is 0. The Morgan fingerprint density at radius 3 is 0.375 bits per heavy atom. The molecule has 6 N–H and O–H groups in total. The van der Waals surface area contributed by atoms with E-state index in [1.54, 1.807) is 0 Å². The van der Waals surface area contributed by atoms with Crippen molar-refractivity contribution in [2.75, 3.05) is 0 Å². The predicted octanol–water partition coefficient (Wildman–Crippen LogP) is -2.83. The molecule has 0 saturated carbocycles. The van der Waals surface area contributed by atoms with E-state index in [0.29, 0.717) is 0 Å². The zero-order valence-electron chi connectivity index (χ0n) is 3.72. The standard InChI is InChI=1S/2Ce.3H2O.3O/h;;3*1H2;;;/q2*+3;;;;3*-2. The van der Waals surface area contributed by atoms with E-state index in [9.17, 15) is 0 Å². The van der Waals surface area contributed by atoms with E-state index < -0.39 is 0 Å². The summed E-state index contributed by atoms with van der Waals surface area (Å²) >= 11 is 0. The topological polar surface area (TPSA) is 180 Å². The van der Waals surface area contributed by atoms with Crippen molar-refractivity contribution in [2.45, 2.75) is 0 Å². The van der Waals surface area contributed by atoms with Crippen LogP contribution >= 0.6 is 0 Å². The molecular formula is H6Ce2O6. The van der Waals surface area contributed by atoms with Crippen LogP contribution in [0.25, 0.3) is 0 Å². The van der Waals surface area contributed by atoms with Crippen LogP contribution in [0.1, 0.15) is 0 Å². The third kappa shape index (κ3) is 76.1. The van der Waals surface area contributed by atoms with Gasteiger partial charge >= 0.3 is 83.5 Å². The maximum absolute atomic E-state index is 0. The number of rotatable bonds is 0. The Kier molecular flexibility index (Phi) is 2060. The first kappa shape index (κ1) is 151. The average molecular weight is 382 g/mol. The van der Waals surface area contributed by atoms with Crippen molar-refractivity contribution in [1.29, 1.82) is 0 Å². The van der Waals surface area contributed by atoms with E-state index in [4.69, 9.17) is 0 Å². The monoisotopic (exact) mass is 382 g/mol. The van der Waals surface area contributed by atoms with Gasteiger partial charge in [-0.2, -0.15) is 0 Å². The van der Waals surface area contributed by atoms with Crippen LogP contribution in [0.15, 0.2) is 0 Å². The molecule has 0 fully saturated rings. The van der Waals surface area contributed by atoms with Gasteiger partial charge in [-0.25, -0.2) is 0 Å². The fourth-order valence-electron chi connectivity index (χ4n) is 0. The molecule has 6 nitrogen and oxygen atoms in total. The minimum Gasteiger partial charge on any atom is -2.00 e. The Morgan fingerprint density at radius 2 is 0.375 bits per heavy atom. The summed E-state index contributed by atoms with van der Waals surface area (Å²) in [5, 5.41) is 0. The van der Waals surface area contributed by atoms with Crippen molar-refractivity contribution in [1.82, 2.24) is 0 Å². The first-order valence-electron chi connectivity index (χ1n) is 0. The summed E-state index contributed by atoms with van der Waals surface area (Å²) in [5.74, 6) is 0. The molecule has 0 heterocycles. The molecule has 0 saturated heterocycles. The van der Waals surface area contributed by atoms with Crippen LogP contribution in [0.2, 0.25) is 0 Å². The normalized spacial score (nSPS) is 0. The van der Waals surface area contributed by atoms with Gasteiger partial charge in [-0.3, -0.25) is 0 Å². The molecule has 0 aliphatic carbocycles. The molecule has 0 aromatic carbocycles. The van der Waals surface area contributed by atoms with Crippen molar-refractivity contribution in [3.63, 3.8) is 0 Å². The molecule has 50 valence electrons. The van der Waals surface area contributed by atoms with Crippen LogP contribution in [0.3, 0.4) is 0 Å². The number of hydrogen-bond acceptors (Lipinski definition) is 0. The molecule has 0 rings (SSSR count). The van der Waals surface area contributed by atoms with Crippen LogP contribution < -0.4 is 0 Å². The van der Waals surface area contributed by atoms with Crippen LogP contribution in [0.4, 0.5) is 0 Å². The molecule has 0 aromatic rings. The van der Waals surface area contributed by atoms with Gasteiger partial charge in [0.25, 0.3) is 0 Å². The second kappa shape index (κ2) is 109. The van der Waals surface area contributed by atoms with E-state index >= 15 is 0 Å². The van der Waals surface area contributed by atoms with Gasteiger partial charge in [0.1, 0.15) is 0 Å². The average Bonchev–Trinajstić information content (AvgIpc) is 0. The molecule has 0 aromatic heterocycles. The molecule has 8 heteroatoms. The van der Waals surface area contributed by atoms with Crippen LogP contribution in [-0.4, -0.2) is 16.4 Å². The molecule has 0 spiro atoms. The van der Waals surface area contributed by atoms with Gasteiger partial charge in [-0.05, 0) is 0 Å². The third-order valence-electron chi connectivity index (χ3n) is 0. The molecule has 0 amide bonds. The Bertz CT molecular complexity index is 6.49. The van der Waals surface area contributed by atoms with Gasteiger partial charge in [-0.1, -0.05) is 0 Å². The summed E-state index contributed by atoms with van der Waals surface area (Å²) in [7, 11) is 0. The maximum Gasteiger partial charge on any atom is 3.00 e. The minimum absolute atomic E-state index is 0. The fraction of sp³-hybridized carbons (Fsp3) is 0. The minimum atomic E-state index is 0.